The number of hydrogen-bond acceptors (Lipinski definition) is 3. The number of amides is 1. The van der Waals surface area contributed by atoms with Gasteiger partial charge in [-0.05, 0) is 49.4 Å². The molecule has 1 amide bonds. The number of nitrogens with one attached hydrogen (secondary N) is 1. The zero-order valence-electron chi connectivity index (χ0n) is 13.0. The molecule has 0 bridgehead atoms. The van der Waals surface area contributed by atoms with Crippen LogP contribution in [-0.4, -0.2) is 25.3 Å². The Bertz CT molecular complexity index is 634. The second-order valence-electron chi connectivity index (χ2n) is 4.97. The fourth-order valence-corrected chi connectivity index (χ4v) is 2.68. The van der Waals surface area contributed by atoms with E-state index in [1.807, 2.05) is 48.7 Å². The number of ether oxygens (including phenoxy) is 1. The molecule has 122 valence electrons. The molecular formula is C18H20ClNO2S. The van der Waals surface area contributed by atoms with Crippen LogP contribution in [0.15, 0.2) is 53.4 Å². The third-order valence-electron chi connectivity index (χ3n) is 3.29. The van der Waals surface area contributed by atoms with E-state index in [1.54, 1.807) is 17.8 Å². The molecule has 23 heavy (non-hydrogen) atoms. The average Bonchev–Trinajstić information content (AvgIpc) is 2.59. The Balaban J connectivity index is 1.69. The second-order valence-corrected chi connectivity index (χ2v) is 6.26. The molecule has 0 saturated carbocycles. The lowest BCUT2D eigenvalue weighted by Gasteiger charge is -2.09. The van der Waals surface area contributed by atoms with E-state index in [-0.39, 0.29) is 5.91 Å². The van der Waals surface area contributed by atoms with Crippen LogP contribution < -0.4 is 10.1 Å². The number of rotatable bonds is 8. The van der Waals surface area contributed by atoms with Crippen LogP contribution in [0.1, 0.15) is 23.2 Å². The van der Waals surface area contributed by atoms with E-state index in [4.69, 9.17) is 16.3 Å². The summed E-state index contributed by atoms with van der Waals surface area (Å²) in [7, 11) is 0. The topological polar surface area (TPSA) is 38.3 Å². The third-order valence-corrected chi connectivity index (χ3v) is 4.34. The standard InChI is InChI=1S/C18H20ClNO2S/c1-23-15-9-10-17(19)16(13-15)18(21)20-11-5-6-12-22-14-7-3-2-4-8-14/h2-4,7-10,13H,5-6,11-12H2,1H3,(H,20,21). The molecule has 0 aromatic heterocycles. The van der Waals surface area contributed by atoms with Crippen LogP contribution >= 0.6 is 23.4 Å². The number of unbranched alkanes of at least 4 members (excludes halogenated alkanes) is 1. The minimum absolute atomic E-state index is 0.130. The average molecular weight is 350 g/mol. The van der Waals surface area contributed by atoms with Gasteiger partial charge in [0.1, 0.15) is 5.75 Å². The molecule has 2 rings (SSSR count). The molecule has 1 N–H and O–H groups in total. The molecular weight excluding hydrogens is 330 g/mol. The quantitative estimate of drug-likeness (QED) is 0.556. The number of para-hydroxylation sites is 1. The molecule has 0 heterocycles. The van der Waals surface area contributed by atoms with E-state index in [1.165, 1.54) is 0 Å². The van der Waals surface area contributed by atoms with Gasteiger partial charge in [-0.25, -0.2) is 0 Å². The first kappa shape index (κ1) is 17.7. The van der Waals surface area contributed by atoms with Crippen molar-refractivity contribution >= 4 is 29.3 Å². The number of carbonyl (C=O) groups excluding carboxylic acids is 1. The van der Waals surface area contributed by atoms with Gasteiger partial charge in [0.05, 0.1) is 17.2 Å². The maximum Gasteiger partial charge on any atom is 0.252 e. The summed E-state index contributed by atoms with van der Waals surface area (Å²) < 4.78 is 5.61. The summed E-state index contributed by atoms with van der Waals surface area (Å²) in [6.45, 7) is 1.25. The first-order valence-electron chi connectivity index (χ1n) is 7.50. The number of thioether (sulfide) groups is 1. The Labute approximate surface area is 146 Å². The van der Waals surface area contributed by atoms with Gasteiger partial charge in [0.2, 0.25) is 0 Å². The van der Waals surface area contributed by atoms with Gasteiger partial charge in [0, 0.05) is 11.4 Å². The Morgan fingerprint density at radius 1 is 1.17 bits per heavy atom. The van der Waals surface area contributed by atoms with E-state index in [2.05, 4.69) is 5.32 Å². The number of benzene rings is 2. The Morgan fingerprint density at radius 2 is 1.96 bits per heavy atom. The van der Waals surface area contributed by atoms with Crippen molar-refractivity contribution in [1.82, 2.24) is 5.32 Å². The van der Waals surface area contributed by atoms with Gasteiger partial charge in [-0.2, -0.15) is 0 Å². The predicted octanol–water partition coefficient (Wildman–Crippen LogP) is 4.65. The van der Waals surface area contributed by atoms with Gasteiger partial charge in [-0.1, -0.05) is 29.8 Å². The van der Waals surface area contributed by atoms with Gasteiger partial charge >= 0.3 is 0 Å². The first-order valence-corrected chi connectivity index (χ1v) is 9.10. The zero-order valence-corrected chi connectivity index (χ0v) is 14.6. The lowest BCUT2D eigenvalue weighted by Crippen LogP contribution is -2.25. The molecule has 0 atom stereocenters. The molecule has 2 aromatic rings. The number of halogens is 1. The smallest absolute Gasteiger partial charge is 0.252 e. The van der Waals surface area contributed by atoms with Crippen LogP contribution in [0.2, 0.25) is 5.02 Å². The summed E-state index contributed by atoms with van der Waals surface area (Å²) in [6.07, 6.45) is 3.71. The maximum absolute atomic E-state index is 12.2. The normalized spacial score (nSPS) is 10.3. The van der Waals surface area contributed by atoms with Gasteiger partial charge < -0.3 is 10.1 Å². The van der Waals surface area contributed by atoms with Crippen molar-refractivity contribution in [3.8, 4) is 5.75 Å². The number of carbonyl (C=O) groups is 1. The van der Waals surface area contributed by atoms with Crippen molar-refractivity contribution < 1.29 is 9.53 Å². The molecule has 3 nitrogen and oxygen atoms in total. The van der Waals surface area contributed by atoms with Crippen molar-refractivity contribution in [3.63, 3.8) is 0 Å². The molecule has 5 heteroatoms. The molecule has 0 spiro atoms. The SMILES string of the molecule is CSc1ccc(Cl)c(C(=O)NCCCCOc2ccccc2)c1. The highest BCUT2D eigenvalue weighted by atomic mass is 35.5. The summed E-state index contributed by atoms with van der Waals surface area (Å²) in [6, 6.07) is 15.2. The van der Waals surface area contributed by atoms with Crippen LogP contribution in [0.25, 0.3) is 0 Å². The molecule has 2 aromatic carbocycles. The van der Waals surface area contributed by atoms with Crippen molar-refractivity contribution in [3.05, 3.63) is 59.1 Å². The highest BCUT2D eigenvalue weighted by molar-refractivity contribution is 7.98. The molecule has 0 aliphatic heterocycles. The minimum atomic E-state index is -0.130. The highest BCUT2D eigenvalue weighted by Crippen LogP contribution is 2.22. The van der Waals surface area contributed by atoms with Gasteiger partial charge in [0.25, 0.3) is 5.91 Å². The second kappa shape index (κ2) is 9.48. The Kier molecular flexibility index (Phi) is 7.30. The van der Waals surface area contributed by atoms with Crippen molar-refractivity contribution in [2.75, 3.05) is 19.4 Å². The van der Waals surface area contributed by atoms with Crippen LogP contribution in [0.5, 0.6) is 5.75 Å². The minimum Gasteiger partial charge on any atom is -0.494 e. The fraction of sp³-hybridized carbons (Fsp3) is 0.278. The molecule has 0 fully saturated rings. The van der Waals surface area contributed by atoms with Crippen LogP contribution in [0.4, 0.5) is 0 Å². The highest BCUT2D eigenvalue weighted by Gasteiger charge is 2.10. The molecule has 0 saturated heterocycles. The summed E-state index contributed by atoms with van der Waals surface area (Å²) >= 11 is 7.68. The lowest BCUT2D eigenvalue weighted by atomic mass is 10.2. The maximum atomic E-state index is 12.2. The Hall–Kier alpha value is -1.65. The third kappa shape index (κ3) is 5.81. The zero-order chi connectivity index (χ0) is 16.5. The van der Waals surface area contributed by atoms with Crippen LogP contribution in [0.3, 0.4) is 0 Å². The monoisotopic (exact) mass is 349 g/mol. The summed E-state index contributed by atoms with van der Waals surface area (Å²) in [5.74, 6) is 0.743. The Morgan fingerprint density at radius 3 is 2.70 bits per heavy atom. The van der Waals surface area contributed by atoms with Crippen molar-refractivity contribution in [2.45, 2.75) is 17.7 Å². The summed E-state index contributed by atoms with van der Waals surface area (Å²) in [5, 5.41) is 3.38. The molecule has 0 aliphatic carbocycles. The predicted molar refractivity (Wildman–Crippen MR) is 96.7 cm³/mol. The van der Waals surface area contributed by atoms with E-state index >= 15 is 0 Å². The van der Waals surface area contributed by atoms with E-state index in [0.29, 0.717) is 23.7 Å². The first-order chi connectivity index (χ1) is 11.2. The van der Waals surface area contributed by atoms with E-state index < -0.39 is 0 Å². The summed E-state index contributed by atoms with van der Waals surface area (Å²) in [5.41, 5.74) is 0.527. The van der Waals surface area contributed by atoms with Crippen LogP contribution in [-0.2, 0) is 0 Å². The molecule has 0 radical (unpaired) electrons. The van der Waals surface area contributed by atoms with E-state index in [9.17, 15) is 4.79 Å². The molecule has 0 unspecified atom stereocenters. The lowest BCUT2D eigenvalue weighted by molar-refractivity contribution is 0.0952. The molecule has 0 aliphatic rings. The fourth-order valence-electron chi connectivity index (χ4n) is 2.04. The van der Waals surface area contributed by atoms with E-state index in [0.717, 1.165) is 23.5 Å². The largest absolute Gasteiger partial charge is 0.494 e. The van der Waals surface area contributed by atoms with Crippen molar-refractivity contribution in [2.24, 2.45) is 0 Å². The van der Waals surface area contributed by atoms with Crippen LogP contribution in [0, 0.1) is 0 Å². The van der Waals surface area contributed by atoms with Gasteiger partial charge in [0.15, 0.2) is 0 Å². The number of hydrogen-bond donors (Lipinski definition) is 1. The van der Waals surface area contributed by atoms with Gasteiger partial charge in [-0.15, -0.1) is 11.8 Å². The van der Waals surface area contributed by atoms with Gasteiger partial charge in [-0.3, -0.25) is 4.79 Å². The summed E-state index contributed by atoms with van der Waals surface area (Å²) in [4.78, 5) is 13.2. The van der Waals surface area contributed by atoms with Crippen molar-refractivity contribution in [1.29, 1.82) is 0 Å².